The number of nitrogens with zero attached hydrogens (tertiary/aromatic N) is 3. The van der Waals surface area contributed by atoms with Crippen LogP contribution in [0, 0.1) is 12.3 Å². The number of rotatable bonds is 2. The molecule has 1 radical (unpaired) electrons. The van der Waals surface area contributed by atoms with Gasteiger partial charge in [-0.3, -0.25) is 24.4 Å². The molecule has 2 atom stereocenters. The Morgan fingerprint density at radius 3 is 2.81 bits per heavy atom. The Kier molecular flexibility index (Phi) is 4.01. The number of fused-ring (bicyclic) bond motifs is 1. The molecule has 2 aliphatic heterocycles. The molecule has 1 aromatic carbocycles. The van der Waals surface area contributed by atoms with Crippen LogP contribution in [0.15, 0.2) is 18.2 Å². The maximum atomic E-state index is 12.3. The molecular weight excluding hydrogens is 332 g/mol. The fourth-order valence-electron chi connectivity index (χ4n) is 3.78. The van der Waals surface area contributed by atoms with Gasteiger partial charge >= 0.3 is 0 Å². The van der Waals surface area contributed by atoms with Gasteiger partial charge in [-0.05, 0) is 37.0 Å². The van der Waals surface area contributed by atoms with E-state index in [4.69, 9.17) is 0 Å². The SMILES string of the molecule is C[C@H]1[CH]CC(=O)N(c2ccc3c(C4CCC(=O)NC4=O)nn(C)c3c2)C1. The third kappa shape index (κ3) is 2.77. The fraction of sp³-hybridized carbons (Fsp3) is 0.421. The molecule has 3 amide bonds. The Labute approximate surface area is 151 Å². The van der Waals surface area contributed by atoms with Crippen LogP contribution in [0.3, 0.4) is 0 Å². The maximum absolute atomic E-state index is 12.3. The highest BCUT2D eigenvalue weighted by Crippen LogP contribution is 2.33. The topological polar surface area (TPSA) is 84.3 Å². The number of hydrogen-bond donors (Lipinski definition) is 1. The number of anilines is 1. The molecule has 1 N–H and O–H groups in total. The first-order chi connectivity index (χ1) is 12.4. The molecule has 4 rings (SSSR count). The minimum atomic E-state index is -0.423. The van der Waals surface area contributed by atoms with Crippen LogP contribution in [0.2, 0.25) is 0 Å². The zero-order valence-corrected chi connectivity index (χ0v) is 14.9. The summed E-state index contributed by atoms with van der Waals surface area (Å²) in [6, 6.07) is 5.79. The van der Waals surface area contributed by atoms with Crippen molar-refractivity contribution in [2.75, 3.05) is 11.4 Å². The van der Waals surface area contributed by atoms with E-state index in [1.54, 1.807) is 4.68 Å². The number of amides is 3. The molecule has 2 aliphatic rings. The summed E-state index contributed by atoms with van der Waals surface area (Å²) in [5, 5.41) is 7.82. The second-order valence-electron chi connectivity index (χ2n) is 7.14. The number of benzene rings is 1. The number of nitrogens with one attached hydrogen (secondary N) is 1. The monoisotopic (exact) mass is 353 g/mol. The quantitative estimate of drug-likeness (QED) is 0.833. The Bertz CT molecular complexity index is 917. The van der Waals surface area contributed by atoms with Crippen molar-refractivity contribution in [2.24, 2.45) is 13.0 Å². The lowest BCUT2D eigenvalue weighted by Crippen LogP contribution is -2.39. The van der Waals surface area contributed by atoms with Crippen molar-refractivity contribution in [2.45, 2.75) is 32.1 Å². The van der Waals surface area contributed by atoms with Gasteiger partial charge in [-0.1, -0.05) is 6.92 Å². The predicted molar refractivity (Wildman–Crippen MR) is 96.3 cm³/mol. The minimum absolute atomic E-state index is 0.0926. The molecule has 135 valence electrons. The van der Waals surface area contributed by atoms with Gasteiger partial charge in [0.1, 0.15) is 0 Å². The lowest BCUT2D eigenvalue weighted by atomic mass is 9.92. The zero-order valence-electron chi connectivity index (χ0n) is 14.9. The number of aryl methyl sites for hydroxylation is 1. The smallest absolute Gasteiger partial charge is 0.235 e. The Hall–Kier alpha value is -2.70. The van der Waals surface area contributed by atoms with Crippen LogP contribution in [0.25, 0.3) is 10.9 Å². The van der Waals surface area contributed by atoms with Gasteiger partial charge in [0, 0.05) is 37.5 Å². The molecule has 0 saturated carbocycles. The molecule has 3 heterocycles. The van der Waals surface area contributed by atoms with Crippen molar-refractivity contribution in [1.29, 1.82) is 0 Å². The molecule has 0 bridgehead atoms. The van der Waals surface area contributed by atoms with E-state index in [1.165, 1.54) is 0 Å². The van der Waals surface area contributed by atoms with E-state index in [1.807, 2.05) is 36.6 Å². The number of hydrogen-bond acceptors (Lipinski definition) is 4. The van der Waals surface area contributed by atoms with Gasteiger partial charge in [-0.25, -0.2) is 0 Å². The van der Waals surface area contributed by atoms with Gasteiger partial charge in [-0.15, -0.1) is 0 Å². The van der Waals surface area contributed by atoms with Crippen LogP contribution in [-0.4, -0.2) is 34.0 Å². The van der Waals surface area contributed by atoms with Crippen molar-refractivity contribution in [3.05, 3.63) is 30.3 Å². The predicted octanol–water partition coefficient (Wildman–Crippen LogP) is 1.67. The molecule has 0 aliphatic carbocycles. The summed E-state index contributed by atoms with van der Waals surface area (Å²) in [5.74, 6) is -0.498. The molecule has 2 saturated heterocycles. The second-order valence-corrected chi connectivity index (χ2v) is 7.14. The highest BCUT2D eigenvalue weighted by Gasteiger charge is 2.32. The standard InChI is InChI=1S/C19H21N4O3/c1-11-3-8-17(25)23(10-11)12-4-5-13-15(9-12)22(2)21-18(13)14-6-7-16(24)20-19(14)26/h3-5,9,11,14H,6-8,10H2,1-2H3,(H,20,24,26)/t11-,14?/m0/s1. The largest absolute Gasteiger partial charge is 0.312 e. The van der Waals surface area contributed by atoms with E-state index in [0.717, 1.165) is 16.6 Å². The first kappa shape index (κ1) is 16.8. The molecule has 0 spiro atoms. The summed E-state index contributed by atoms with van der Waals surface area (Å²) >= 11 is 0. The van der Waals surface area contributed by atoms with Crippen LogP contribution in [0.5, 0.6) is 0 Å². The van der Waals surface area contributed by atoms with Crippen molar-refractivity contribution < 1.29 is 14.4 Å². The number of carbonyl (C=O) groups is 3. The summed E-state index contributed by atoms with van der Waals surface area (Å²) < 4.78 is 1.74. The molecular formula is C19H21N4O3. The van der Waals surface area contributed by atoms with Crippen molar-refractivity contribution in [3.63, 3.8) is 0 Å². The number of imide groups is 1. The van der Waals surface area contributed by atoms with Gasteiger partial charge < -0.3 is 4.90 Å². The molecule has 1 aromatic heterocycles. The lowest BCUT2D eigenvalue weighted by molar-refractivity contribution is -0.134. The summed E-state index contributed by atoms with van der Waals surface area (Å²) in [7, 11) is 1.83. The van der Waals surface area contributed by atoms with Crippen molar-refractivity contribution in [1.82, 2.24) is 15.1 Å². The van der Waals surface area contributed by atoms with E-state index in [0.29, 0.717) is 37.4 Å². The molecule has 2 fully saturated rings. The average Bonchev–Trinajstić information content (AvgIpc) is 2.93. The van der Waals surface area contributed by atoms with Gasteiger partial charge in [0.05, 0.1) is 17.1 Å². The average molecular weight is 353 g/mol. The minimum Gasteiger partial charge on any atom is -0.312 e. The molecule has 1 unspecified atom stereocenters. The Morgan fingerprint density at radius 2 is 2.04 bits per heavy atom. The molecule has 2 aromatic rings. The summed E-state index contributed by atoms with van der Waals surface area (Å²) in [6.45, 7) is 2.77. The third-order valence-electron chi connectivity index (χ3n) is 5.21. The fourth-order valence-corrected chi connectivity index (χ4v) is 3.78. The highest BCUT2D eigenvalue weighted by atomic mass is 16.2. The van der Waals surface area contributed by atoms with Crippen molar-refractivity contribution >= 4 is 34.3 Å². The van der Waals surface area contributed by atoms with E-state index >= 15 is 0 Å². The first-order valence-corrected chi connectivity index (χ1v) is 8.88. The number of aromatic nitrogens is 2. The van der Waals surface area contributed by atoms with Gasteiger partial charge in [-0.2, -0.15) is 5.10 Å². The normalized spacial score (nSPS) is 24.2. The van der Waals surface area contributed by atoms with Crippen LogP contribution in [-0.2, 0) is 21.4 Å². The highest BCUT2D eigenvalue weighted by molar-refractivity contribution is 6.03. The van der Waals surface area contributed by atoms with Gasteiger partial charge in [0.15, 0.2) is 0 Å². The molecule has 26 heavy (non-hydrogen) atoms. The number of piperidine rings is 2. The van der Waals surface area contributed by atoms with E-state index in [9.17, 15) is 14.4 Å². The molecule has 7 nitrogen and oxygen atoms in total. The van der Waals surface area contributed by atoms with E-state index in [-0.39, 0.29) is 17.7 Å². The second kappa shape index (κ2) is 6.23. The maximum Gasteiger partial charge on any atom is 0.235 e. The van der Waals surface area contributed by atoms with Crippen LogP contribution < -0.4 is 10.2 Å². The van der Waals surface area contributed by atoms with E-state index < -0.39 is 5.92 Å². The Morgan fingerprint density at radius 1 is 1.23 bits per heavy atom. The van der Waals surface area contributed by atoms with Crippen molar-refractivity contribution in [3.8, 4) is 0 Å². The first-order valence-electron chi connectivity index (χ1n) is 8.88. The number of carbonyl (C=O) groups excluding carboxylic acids is 3. The van der Waals surface area contributed by atoms with Gasteiger partial charge in [0.25, 0.3) is 0 Å². The van der Waals surface area contributed by atoms with Crippen LogP contribution >= 0.6 is 0 Å². The summed E-state index contributed by atoms with van der Waals surface area (Å²) in [5.41, 5.74) is 2.41. The lowest BCUT2D eigenvalue weighted by Gasteiger charge is -2.30. The molecule has 7 heteroatoms. The van der Waals surface area contributed by atoms with Crippen LogP contribution in [0.4, 0.5) is 5.69 Å². The summed E-state index contributed by atoms with van der Waals surface area (Å²) in [6.07, 6.45) is 3.29. The van der Waals surface area contributed by atoms with E-state index in [2.05, 4.69) is 17.3 Å². The van der Waals surface area contributed by atoms with Crippen LogP contribution in [0.1, 0.15) is 37.8 Å². The summed E-state index contributed by atoms with van der Waals surface area (Å²) in [4.78, 5) is 37.7. The Balaban J connectivity index is 1.72. The van der Waals surface area contributed by atoms with Gasteiger partial charge in [0.2, 0.25) is 17.7 Å². The zero-order chi connectivity index (χ0) is 18.4. The third-order valence-corrected chi connectivity index (χ3v) is 5.21.